The van der Waals surface area contributed by atoms with Crippen molar-refractivity contribution in [2.24, 2.45) is 0 Å². The summed E-state index contributed by atoms with van der Waals surface area (Å²) in [5.41, 5.74) is 5.46. The van der Waals surface area contributed by atoms with E-state index in [1.54, 1.807) is 7.11 Å². The molecule has 6 rings (SSSR count). The van der Waals surface area contributed by atoms with E-state index in [4.69, 9.17) is 11.2 Å². The van der Waals surface area contributed by atoms with Crippen LogP contribution in [0.4, 0.5) is 0 Å². The molecule has 0 aliphatic carbocycles. The Balaban J connectivity index is 1.55. The molecule has 1 aliphatic heterocycles. The van der Waals surface area contributed by atoms with Gasteiger partial charge in [0.05, 0.1) is 36.5 Å². The zero-order valence-corrected chi connectivity index (χ0v) is 24.5. The molecule has 0 saturated carbocycles. The van der Waals surface area contributed by atoms with E-state index in [9.17, 15) is 5.11 Å². The van der Waals surface area contributed by atoms with Gasteiger partial charge in [-0.2, -0.15) is 0 Å². The van der Waals surface area contributed by atoms with Crippen molar-refractivity contribution in [3.63, 3.8) is 0 Å². The minimum absolute atomic E-state index is 0.00613. The number of methoxy groups -OCH3 is 1. The first-order valence-corrected chi connectivity index (χ1v) is 15.5. The van der Waals surface area contributed by atoms with Crippen molar-refractivity contribution in [2.45, 2.75) is 12.6 Å². The number of terminal acetylenes is 1. The molecule has 0 spiro atoms. The van der Waals surface area contributed by atoms with Crippen LogP contribution in [0.25, 0.3) is 27.2 Å². The summed E-state index contributed by atoms with van der Waals surface area (Å²) >= 11 is 0. The van der Waals surface area contributed by atoms with E-state index in [1.165, 1.54) is 32.7 Å². The molecule has 2 N–H and O–H groups in total. The standard InChI is InChI=1S/C37H34N2O2S/c1-3-22-39(36-25-35(38-42(36)24-23-41-2)33-16-8-12-28-10-4-6-14-31(28)33)37(30-20-18-27(26-40)19-21-30)34-17-9-13-29-11-5-7-15-32(29)34/h1,4-21,25,37-38,40H,22-24,26H2,2H3. The van der Waals surface area contributed by atoms with E-state index >= 15 is 0 Å². The predicted octanol–water partition coefficient (Wildman–Crippen LogP) is 7.11. The molecule has 2 unspecified atom stereocenters. The van der Waals surface area contributed by atoms with Crippen LogP contribution in [0.5, 0.6) is 0 Å². The quantitative estimate of drug-likeness (QED) is 0.146. The molecule has 0 amide bonds. The summed E-state index contributed by atoms with van der Waals surface area (Å²) in [6.45, 7) is 1.07. The van der Waals surface area contributed by atoms with Crippen molar-refractivity contribution >= 4 is 42.9 Å². The molecule has 0 fully saturated rings. The molecule has 5 heteroatoms. The number of hydrogen-bond donors (Lipinski definition) is 2. The third-order valence-corrected chi connectivity index (χ3v) is 9.68. The zero-order chi connectivity index (χ0) is 28.9. The van der Waals surface area contributed by atoms with Gasteiger partial charge in [-0.25, -0.2) is 4.90 Å². The second kappa shape index (κ2) is 12.8. The molecular weight excluding hydrogens is 536 g/mol. The number of ether oxygens (including phenoxy) is 1. The van der Waals surface area contributed by atoms with E-state index in [1.807, 2.05) is 12.1 Å². The third-order valence-electron chi connectivity index (χ3n) is 7.78. The molecule has 0 bridgehead atoms. The lowest BCUT2D eigenvalue weighted by atomic mass is 9.91. The van der Waals surface area contributed by atoms with E-state index in [0.29, 0.717) is 13.2 Å². The topological polar surface area (TPSA) is 44.7 Å². The Morgan fingerprint density at radius 3 is 2.24 bits per heavy atom. The van der Waals surface area contributed by atoms with E-state index in [-0.39, 0.29) is 23.3 Å². The van der Waals surface area contributed by atoms with Crippen LogP contribution in [0.1, 0.15) is 28.3 Å². The number of fused-ring (bicyclic) bond motifs is 2. The number of nitrogens with one attached hydrogen (secondary N) is 1. The maximum atomic E-state index is 9.75. The largest absolute Gasteiger partial charge is 0.392 e. The van der Waals surface area contributed by atoms with Gasteiger partial charge in [0.2, 0.25) is 0 Å². The van der Waals surface area contributed by atoms with Gasteiger partial charge in [-0.3, -0.25) is 0 Å². The van der Waals surface area contributed by atoms with Crippen molar-refractivity contribution in [3.8, 4) is 12.3 Å². The van der Waals surface area contributed by atoms with Gasteiger partial charge < -0.3 is 14.6 Å². The minimum atomic E-state index is -0.338. The first kappa shape index (κ1) is 28.0. The molecule has 0 radical (unpaired) electrons. The van der Waals surface area contributed by atoms with Crippen LogP contribution < -0.4 is 4.72 Å². The van der Waals surface area contributed by atoms with Crippen molar-refractivity contribution in [2.75, 3.05) is 26.0 Å². The normalized spacial score (nSPS) is 15.5. The molecule has 0 saturated heterocycles. The van der Waals surface area contributed by atoms with E-state index in [2.05, 4.69) is 119 Å². The molecule has 1 heterocycles. The van der Waals surface area contributed by atoms with Crippen LogP contribution in [-0.2, 0) is 11.3 Å². The van der Waals surface area contributed by atoms with Crippen LogP contribution in [0.3, 0.4) is 0 Å². The molecule has 2 atom stereocenters. The maximum absolute atomic E-state index is 9.75. The summed E-state index contributed by atoms with van der Waals surface area (Å²) in [5, 5.41) is 14.6. The fraction of sp³-hybridized carbons (Fsp3) is 0.162. The van der Waals surface area contributed by atoms with Gasteiger partial charge in [-0.1, -0.05) is 126 Å². The summed E-state index contributed by atoms with van der Waals surface area (Å²) in [6, 6.07) is 38.1. The van der Waals surface area contributed by atoms with E-state index in [0.717, 1.165) is 27.6 Å². The summed E-state index contributed by atoms with van der Waals surface area (Å²) in [7, 11) is 1.41. The molecule has 210 valence electrons. The van der Waals surface area contributed by atoms with Gasteiger partial charge in [0.15, 0.2) is 0 Å². The summed E-state index contributed by atoms with van der Waals surface area (Å²) in [6.07, 6.45) is 8.40. The highest BCUT2D eigenvalue weighted by Gasteiger charge is 2.30. The SMILES string of the molecule is C#CCN(C1=S(CCOC)NC(c2cccc3ccccc23)=C1)C(c1ccc(CO)cc1)c1cccc2ccccc12. The highest BCUT2D eigenvalue weighted by atomic mass is 32.2. The number of aliphatic hydroxyl groups excluding tert-OH is 1. The fourth-order valence-electron chi connectivity index (χ4n) is 5.77. The van der Waals surface area contributed by atoms with Gasteiger partial charge in [0.1, 0.15) is 0 Å². The van der Waals surface area contributed by atoms with Gasteiger partial charge in [0, 0.05) is 18.4 Å². The smallest absolute Gasteiger partial charge is 0.0681 e. The molecule has 42 heavy (non-hydrogen) atoms. The van der Waals surface area contributed by atoms with Crippen LogP contribution in [0.2, 0.25) is 0 Å². The Labute approximate surface area is 250 Å². The van der Waals surface area contributed by atoms with Crippen molar-refractivity contribution < 1.29 is 9.84 Å². The fourth-order valence-corrected chi connectivity index (χ4v) is 7.66. The molecule has 4 nitrogen and oxygen atoms in total. The Morgan fingerprint density at radius 1 is 0.857 bits per heavy atom. The van der Waals surface area contributed by atoms with E-state index < -0.39 is 0 Å². The maximum Gasteiger partial charge on any atom is 0.0681 e. The number of aliphatic hydroxyl groups is 1. The zero-order valence-electron chi connectivity index (χ0n) is 23.7. The highest BCUT2D eigenvalue weighted by Crippen LogP contribution is 2.39. The highest BCUT2D eigenvalue weighted by molar-refractivity contribution is 8.15. The summed E-state index contributed by atoms with van der Waals surface area (Å²) < 4.78 is 9.43. The Morgan fingerprint density at radius 2 is 1.52 bits per heavy atom. The van der Waals surface area contributed by atoms with Crippen molar-refractivity contribution in [1.29, 1.82) is 0 Å². The molecule has 5 aromatic rings. The minimum Gasteiger partial charge on any atom is -0.392 e. The average Bonchev–Trinajstić information content (AvgIpc) is 3.47. The Bertz CT molecular complexity index is 1820. The summed E-state index contributed by atoms with van der Waals surface area (Å²) in [5.74, 6) is 3.80. The van der Waals surface area contributed by atoms with Crippen LogP contribution in [-0.4, -0.2) is 41.0 Å². The lowest BCUT2D eigenvalue weighted by Gasteiger charge is -2.33. The number of nitrogens with zero attached hydrogens (tertiary/aromatic N) is 1. The number of hydrogen-bond acceptors (Lipinski definition) is 4. The lowest BCUT2D eigenvalue weighted by Crippen LogP contribution is -2.35. The van der Waals surface area contributed by atoms with Crippen molar-refractivity contribution in [3.05, 3.63) is 138 Å². The Kier molecular flexibility index (Phi) is 8.50. The molecule has 1 aliphatic rings. The van der Waals surface area contributed by atoms with Crippen LogP contribution >= 0.6 is 10.7 Å². The Hall–Kier alpha value is -4.18. The second-order valence-electron chi connectivity index (χ2n) is 10.3. The van der Waals surface area contributed by atoms with Crippen molar-refractivity contribution in [1.82, 2.24) is 9.62 Å². The van der Waals surface area contributed by atoms with Gasteiger partial charge >= 0.3 is 0 Å². The first-order chi connectivity index (χ1) is 20.7. The average molecular weight is 571 g/mol. The molecular formula is C37H34N2O2S. The number of rotatable bonds is 9. The summed E-state index contributed by atoms with van der Waals surface area (Å²) in [4.78, 5) is 3.54. The van der Waals surface area contributed by atoms with Crippen LogP contribution in [0, 0.1) is 12.3 Å². The lowest BCUT2D eigenvalue weighted by molar-refractivity contribution is 0.218. The first-order valence-electron chi connectivity index (χ1n) is 14.1. The van der Waals surface area contributed by atoms with Crippen LogP contribution in [0.15, 0.2) is 115 Å². The third kappa shape index (κ3) is 5.51. The monoisotopic (exact) mass is 570 g/mol. The van der Waals surface area contributed by atoms with Gasteiger partial charge in [-0.05, 0) is 44.3 Å². The number of benzene rings is 5. The second-order valence-corrected chi connectivity index (χ2v) is 12.1. The molecule has 5 aromatic carbocycles. The predicted molar refractivity (Wildman–Crippen MR) is 178 cm³/mol. The molecule has 0 aromatic heterocycles. The van der Waals surface area contributed by atoms with Gasteiger partial charge in [-0.15, -0.1) is 6.42 Å². The van der Waals surface area contributed by atoms with Gasteiger partial charge in [0.25, 0.3) is 0 Å².